The van der Waals surface area contributed by atoms with Gasteiger partial charge in [-0.05, 0) is 64.7 Å². The Morgan fingerprint density at radius 1 is 0.857 bits per heavy atom. The molecule has 3 amide bonds. The monoisotopic (exact) mass is 583 g/mol. The predicted molar refractivity (Wildman–Crippen MR) is 160 cm³/mol. The number of amides is 3. The molecule has 0 saturated heterocycles. The highest BCUT2D eigenvalue weighted by atomic mass is 16.6. The molecule has 2 unspecified atom stereocenters. The number of aliphatic hydroxyl groups is 1. The number of aliphatic hydroxyl groups excluding tert-OH is 1. The van der Waals surface area contributed by atoms with Crippen LogP contribution in [0.3, 0.4) is 0 Å². The van der Waals surface area contributed by atoms with Crippen LogP contribution >= 0.6 is 0 Å². The van der Waals surface area contributed by atoms with Gasteiger partial charge in [-0.3, -0.25) is 9.59 Å². The average Bonchev–Trinajstić information content (AvgIpc) is 2.90. The molecule has 0 saturated carbocycles. The molecule has 10 nitrogen and oxygen atoms in total. The molecule has 42 heavy (non-hydrogen) atoms. The number of benzene rings is 2. The number of hydrogen-bond acceptors (Lipinski definition) is 7. The molecule has 3 N–H and O–H groups in total. The fourth-order valence-electron chi connectivity index (χ4n) is 4.14. The first-order valence-corrected chi connectivity index (χ1v) is 14.2. The second-order valence-electron chi connectivity index (χ2n) is 11.9. The zero-order valence-electron chi connectivity index (χ0n) is 25.7. The molecule has 0 fully saturated rings. The van der Waals surface area contributed by atoms with Crippen LogP contribution in [0.4, 0.5) is 4.79 Å². The number of nitrogens with one attached hydrogen (secondary N) is 2. The largest absolute Gasteiger partial charge is 0.458 e. The van der Waals surface area contributed by atoms with E-state index in [1.54, 1.807) is 53.7 Å². The summed E-state index contributed by atoms with van der Waals surface area (Å²) in [7, 11) is 0. The normalized spacial score (nSPS) is 13.0. The molecule has 0 bridgehead atoms. The SMILES string of the molecule is CCc1ccc(C(C(=O)NC(Cc2ccccc2)C(=O)OC(C)(C)C)N(CCO)C(=O)CNC(=O)OC(C)(C)C)cc1. The van der Waals surface area contributed by atoms with E-state index in [-0.39, 0.29) is 13.0 Å². The van der Waals surface area contributed by atoms with E-state index in [9.17, 15) is 24.3 Å². The number of carbonyl (C=O) groups is 4. The summed E-state index contributed by atoms with van der Waals surface area (Å²) < 4.78 is 10.8. The number of rotatable bonds is 12. The van der Waals surface area contributed by atoms with Gasteiger partial charge in [0.05, 0.1) is 6.61 Å². The Hall–Kier alpha value is -3.92. The fraction of sp³-hybridized carbons (Fsp3) is 0.500. The van der Waals surface area contributed by atoms with Crippen LogP contribution in [0.2, 0.25) is 0 Å². The lowest BCUT2D eigenvalue weighted by molar-refractivity contribution is -0.159. The predicted octanol–water partition coefficient (Wildman–Crippen LogP) is 3.70. The van der Waals surface area contributed by atoms with Gasteiger partial charge >= 0.3 is 12.1 Å². The highest BCUT2D eigenvalue weighted by molar-refractivity contribution is 5.92. The summed E-state index contributed by atoms with van der Waals surface area (Å²) in [6, 6.07) is 14.1. The first-order valence-electron chi connectivity index (χ1n) is 14.2. The van der Waals surface area contributed by atoms with Crippen molar-refractivity contribution >= 4 is 23.9 Å². The van der Waals surface area contributed by atoms with Gasteiger partial charge in [0, 0.05) is 13.0 Å². The maximum Gasteiger partial charge on any atom is 0.408 e. The summed E-state index contributed by atoms with van der Waals surface area (Å²) in [5.74, 6) is -1.87. The highest BCUT2D eigenvalue weighted by Gasteiger charge is 2.35. The molecule has 0 radical (unpaired) electrons. The van der Waals surface area contributed by atoms with Gasteiger partial charge in [-0.25, -0.2) is 9.59 Å². The van der Waals surface area contributed by atoms with E-state index in [4.69, 9.17) is 9.47 Å². The summed E-state index contributed by atoms with van der Waals surface area (Å²) in [4.78, 5) is 54.1. The number of nitrogens with zero attached hydrogens (tertiary/aromatic N) is 1. The third-order valence-electron chi connectivity index (χ3n) is 6.00. The minimum absolute atomic E-state index is 0.164. The second kappa shape index (κ2) is 15.3. The molecule has 0 aliphatic heterocycles. The number of aryl methyl sites for hydroxylation is 1. The zero-order chi connectivity index (χ0) is 31.5. The topological polar surface area (TPSA) is 134 Å². The van der Waals surface area contributed by atoms with Crippen molar-refractivity contribution in [2.45, 2.75) is 84.6 Å². The van der Waals surface area contributed by atoms with Crippen molar-refractivity contribution in [3.05, 3.63) is 71.3 Å². The minimum atomic E-state index is -1.21. The van der Waals surface area contributed by atoms with Crippen LogP contribution in [0, 0.1) is 0 Å². The molecule has 2 aromatic rings. The fourth-order valence-corrected chi connectivity index (χ4v) is 4.14. The van der Waals surface area contributed by atoms with Crippen molar-refractivity contribution in [2.24, 2.45) is 0 Å². The van der Waals surface area contributed by atoms with Crippen molar-refractivity contribution in [3.8, 4) is 0 Å². The lowest BCUT2D eigenvalue weighted by Crippen LogP contribution is -2.52. The standard InChI is InChI=1S/C32H45N3O7/c1-8-22-14-16-24(17-15-22)27(35(18-19-36)26(37)21-33-30(40)42-32(5,6)7)28(38)34-25(29(39)41-31(2,3)4)20-23-12-10-9-11-13-23/h9-17,25,27,36H,8,18-21H2,1-7H3,(H,33,40)(H,34,38). The van der Waals surface area contributed by atoms with Crippen molar-refractivity contribution in [1.82, 2.24) is 15.5 Å². The Kier molecular flexibility index (Phi) is 12.5. The van der Waals surface area contributed by atoms with Gasteiger partial charge in [0.15, 0.2) is 0 Å². The van der Waals surface area contributed by atoms with Gasteiger partial charge in [0.1, 0.15) is 29.8 Å². The van der Waals surface area contributed by atoms with E-state index in [0.29, 0.717) is 5.56 Å². The molecule has 0 aliphatic carbocycles. The van der Waals surface area contributed by atoms with E-state index >= 15 is 0 Å². The maximum absolute atomic E-state index is 14.0. The molecule has 0 heterocycles. The van der Waals surface area contributed by atoms with Crippen LogP contribution in [-0.4, -0.2) is 70.8 Å². The molecule has 2 aromatic carbocycles. The first-order chi connectivity index (χ1) is 19.6. The van der Waals surface area contributed by atoms with Crippen LogP contribution in [0.1, 0.15) is 71.2 Å². The minimum Gasteiger partial charge on any atom is -0.458 e. The van der Waals surface area contributed by atoms with Gasteiger partial charge in [0.25, 0.3) is 0 Å². The van der Waals surface area contributed by atoms with Crippen LogP contribution in [0.15, 0.2) is 54.6 Å². The molecule has 0 aromatic heterocycles. The third kappa shape index (κ3) is 11.5. The molecule has 2 atom stereocenters. The number of carbonyl (C=O) groups excluding carboxylic acids is 4. The Bertz CT molecular complexity index is 1190. The lowest BCUT2D eigenvalue weighted by Gasteiger charge is -2.33. The summed E-state index contributed by atoms with van der Waals surface area (Å²) in [5, 5.41) is 15.1. The lowest BCUT2D eigenvalue weighted by atomic mass is 10.00. The quantitative estimate of drug-likeness (QED) is 0.324. The van der Waals surface area contributed by atoms with Gasteiger partial charge in [-0.1, -0.05) is 61.5 Å². The molecule has 0 spiro atoms. The summed E-state index contributed by atoms with van der Waals surface area (Å²) >= 11 is 0. The van der Waals surface area contributed by atoms with Gasteiger partial charge in [-0.2, -0.15) is 0 Å². The van der Waals surface area contributed by atoms with Crippen molar-refractivity contribution in [1.29, 1.82) is 0 Å². The van der Waals surface area contributed by atoms with E-state index in [1.807, 2.05) is 49.4 Å². The van der Waals surface area contributed by atoms with E-state index in [0.717, 1.165) is 17.5 Å². The highest BCUT2D eigenvalue weighted by Crippen LogP contribution is 2.23. The van der Waals surface area contributed by atoms with E-state index < -0.39 is 60.3 Å². The zero-order valence-corrected chi connectivity index (χ0v) is 25.7. The molecular weight excluding hydrogens is 538 g/mol. The van der Waals surface area contributed by atoms with Crippen LogP contribution in [0.5, 0.6) is 0 Å². The van der Waals surface area contributed by atoms with E-state index in [1.165, 1.54) is 4.90 Å². The van der Waals surface area contributed by atoms with Gasteiger partial charge in [0.2, 0.25) is 11.8 Å². The maximum atomic E-state index is 14.0. The summed E-state index contributed by atoms with van der Waals surface area (Å²) in [6.45, 7) is 11.2. The molecular formula is C32H45N3O7. The molecule has 10 heteroatoms. The number of esters is 1. The Morgan fingerprint density at radius 3 is 1.98 bits per heavy atom. The molecule has 230 valence electrons. The van der Waals surface area contributed by atoms with Crippen molar-refractivity contribution < 1.29 is 33.8 Å². The second-order valence-corrected chi connectivity index (χ2v) is 11.9. The number of ether oxygens (including phenoxy) is 2. The summed E-state index contributed by atoms with van der Waals surface area (Å²) in [5.41, 5.74) is 0.754. The molecule has 2 rings (SSSR count). The van der Waals surface area contributed by atoms with Crippen molar-refractivity contribution in [2.75, 3.05) is 19.7 Å². The van der Waals surface area contributed by atoms with Crippen LogP contribution in [0.25, 0.3) is 0 Å². The average molecular weight is 584 g/mol. The Morgan fingerprint density at radius 2 is 1.45 bits per heavy atom. The van der Waals surface area contributed by atoms with Crippen LogP contribution in [-0.2, 0) is 36.7 Å². The first kappa shape index (κ1) is 34.3. The Balaban J connectivity index is 2.44. The van der Waals surface area contributed by atoms with Gasteiger partial charge in [-0.15, -0.1) is 0 Å². The summed E-state index contributed by atoms with van der Waals surface area (Å²) in [6.07, 6.45) is 0.145. The third-order valence-corrected chi connectivity index (χ3v) is 6.00. The Labute approximate surface area is 248 Å². The van der Waals surface area contributed by atoms with Gasteiger partial charge < -0.3 is 30.1 Å². The number of alkyl carbamates (subject to hydrolysis) is 1. The van der Waals surface area contributed by atoms with Crippen LogP contribution < -0.4 is 10.6 Å². The van der Waals surface area contributed by atoms with Crippen molar-refractivity contribution in [3.63, 3.8) is 0 Å². The smallest absolute Gasteiger partial charge is 0.408 e. The van der Waals surface area contributed by atoms with E-state index in [2.05, 4.69) is 10.6 Å². The molecule has 0 aliphatic rings. The number of hydrogen-bond donors (Lipinski definition) is 3.